The number of nitro benzene ring substituents is 1. The van der Waals surface area contributed by atoms with Crippen molar-refractivity contribution >= 4 is 23.5 Å². The molecule has 3 aliphatic heterocycles. The van der Waals surface area contributed by atoms with Gasteiger partial charge in [-0.05, 0) is 36.1 Å². The van der Waals surface area contributed by atoms with Crippen molar-refractivity contribution in [2.24, 2.45) is 5.92 Å². The lowest BCUT2D eigenvalue weighted by Crippen LogP contribution is -2.46. The number of nitro groups is 1. The Morgan fingerprint density at radius 2 is 1.43 bits per heavy atom. The van der Waals surface area contributed by atoms with Crippen LogP contribution in [-0.4, -0.2) is 75.7 Å². The largest absolute Gasteiger partial charge is 0.441 e. The number of likely N-dealkylation sites (tertiary alicyclic amines) is 2. The number of ether oxygens (including phenoxy) is 1. The molecule has 3 fully saturated rings. The van der Waals surface area contributed by atoms with E-state index in [1.807, 2.05) is 59.5 Å². The van der Waals surface area contributed by atoms with Gasteiger partial charge >= 0.3 is 6.09 Å². The van der Waals surface area contributed by atoms with E-state index in [-0.39, 0.29) is 29.4 Å². The number of hydrogen-bond acceptors (Lipinski definition) is 7. The molecule has 44 heavy (non-hydrogen) atoms. The molecule has 0 bridgehead atoms. The number of carbonyl (C=O) groups is 3. The van der Waals surface area contributed by atoms with Crippen molar-refractivity contribution < 1.29 is 24.0 Å². The van der Waals surface area contributed by atoms with Crippen LogP contribution in [0.15, 0.2) is 78.9 Å². The first kappa shape index (κ1) is 29.5. The van der Waals surface area contributed by atoms with Crippen LogP contribution in [0.5, 0.6) is 0 Å². The Bertz CT molecular complexity index is 1510. The second kappa shape index (κ2) is 12.6. The molecule has 3 saturated heterocycles. The van der Waals surface area contributed by atoms with Crippen molar-refractivity contribution in [3.63, 3.8) is 0 Å². The predicted molar refractivity (Wildman–Crippen MR) is 163 cm³/mol. The van der Waals surface area contributed by atoms with Crippen molar-refractivity contribution in [1.29, 1.82) is 0 Å². The molecule has 6 rings (SSSR count). The molecule has 1 spiro atoms. The summed E-state index contributed by atoms with van der Waals surface area (Å²) in [5, 5.41) is 10.9. The number of non-ortho nitro benzene ring substituents is 1. The van der Waals surface area contributed by atoms with E-state index in [1.54, 1.807) is 17.0 Å². The number of rotatable bonds is 8. The number of piperidine rings is 2. The average molecular weight is 597 g/mol. The van der Waals surface area contributed by atoms with Gasteiger partial charge in [0.2, 0.25) is 0 Å². The molecule has 0 unspecified atom stereocenters. The van der Waals surface area contributed by atoms with E-state index in [2.05, 4.69) is 4.90 Å². The van der Waals surface area contributed by atoms with E-state index in [4.69, 9.17) is 4.74 Å². The van der Waals surface area contributed by atoms with E-state index >= 15 is 0 Å². The predicted octanol–water partition coefficient (Wildman–Crippen LogP) is 5.32. The van der Waals surface area contributed by atoms with Gasteiger partial charge in [-0.15, -0.1) is 0 Å². The Kier molecular flexibility index (Phi) is 8.43. The van der Waals surface area contributed by atoms with Gasteiger partial charge in [0, 0.05) is 81.3 Å². The fourth-order valence-electron chi connectivity index (χ4n) is 6.51. The van der Waals surface area contributed by atoms with Crippen LogP contribution in [0, 0.1) is 16.0 Å². The van der Waals surface area contributed by atoms with Crippen LogP contribution in [0.25, 0.3) is 0 Å². The van der Waals surface area contributed by atoms with E-state index in [9.17, 15) is 24.5 Å². The number of amides is 2. The van der Waals surface area contributed by atoms with Gasteiger partial charge in [-0.1, -0.05) is 54.6 Å². The van der Waals surface area contributed by atoms with Gasteiger partial charge < -0.3 is 9.64 Å². The third-order valence-corrected chi connectivity index (χ3v) is 9.15. The topological polar surface area (TPSA) is 113 Å². The monoisotopic (exact) mass is 596 g/mol. The molecule has 3 aromatic carbocycles. The molecule has 0 radical (unpaired) electrons. The summed E-state index contributed by atoms with van der Waals surface area (Å²) in [5.41, 5.74) is 2.85. The molecule has 0 aliphatic carbocycles. The molecule has 3 aliphatic rings. The van der Waals surface area contributed by atoms with Gasteiger partial charge in [0.1, 0.15) is 5.60 Å². The Morgan fingerprint density at radius 1 is 0.818 bits per heavy atom. The minimum atomic E-state index is -0.507. The van der Waals surface area contributed by atoms with Crippen LogP contribution in [0.2, 0.25) is 0 Å². The lowest BCUT2D eigenvalue weighted by Gasteiger charge is -2.37. The molecule has 3 heterocycles. The van der Waals surface area contributed by atoms with E-state index in [1.165, 1.54) is 12.1 Å². The van der Waals surface area contributed by atoms with E-state index in [0.29, 0.717) is 51.1 Å². The van der Waals surface area contributed by atoms with Crippen LogP contribution >= 0.6 is 0 Å². The van der Waals surface area contributed by atoms with Crippen molar-refractivity contribution in [3.05, 3.63) is 111 Å². The van der Waals surface area contributed by atoms with Gasteiger partial charge in [-0.2, -0.15) is 0 Å². The lowest BCUT2D eigenvalue weighted by atomic mass is 9.88. The molecule has 2 amide bonds. The minimum Gasteiger partial charge on any atom is -0.441 e. The van der Waals surface area contributed by atoms with Crippen LogP contribution in [-0.2, 0) is 17.8 Å². The van der Waals surface area contributed by atoms with Crippen molar-refractivity contribution in [3.8, 4) is 0 Å². The standard InChI is InChI=1S/C34H36N4O6/c39-31(27-4-2-1-3-5-27)28-14-18-36(19-15-28)32(40)29-10-6-26(7-11-29)23-37-24-34(44-33(37)41)16-20-35(21-17-34)22-25-8-12-30(13-9-25)38(42)43/h1-13,28H,14-24H2. The summed E-state index contributed by atoms with van der Waals surface area (Å²) in [6.45, 7) is 4.27. The Hall–Kier alpha value is -4.57. The highest BCUT2D eigenvalue weighted by Crippen LogP contribution is 2.34. The summed E-state index contributed by atoms with van der Waals surface area (Å²) < 4.78 is 5.91. The molecule has 3 aromatic rings. The molecular formula is C34H36N4O6. The number of Topliss-reactive ketones (excluding diaryl/α,β-unsaturated/α-hetero) is 1. The molecule has 228 valence electrons. The number of nitrogens with zero attached hydrogens (tertiary/aromatic N) is 4. The van der Waals surface area contributed by atoms with Crippen LogP contribution in [0.4, 0.5) is 10.5 Å². The van der Waals surface area contributed by atoms with Crippen molar-refractivity contribution in [2.75, 3.05) is 32.7 Å². The highest BCUT2D eigenvalue weighted by molar-refractivity contribution is 5.98. The maximum atomic E-state index is 13.2. The fourth-order valence-corrected chi connectivity index (χ4v) is 6.51. The average Bonchev–Trinajstić information content (AvgIpc) is 3.36. The summed E-state index contributed by atoms with van der Waals surface area (Å²) in [6.07, 6.45) is 2.45. The third kappa shape index (κ3) is 6.50. The Balaban J connectivity index is 0.974. The minimum absolute atomic E-state index is 0.0396. The summed E-state index contributed by atoms with van der Waals surface area (Å²) in [5.74, 6) is 0.0499. The molecular weight excluding hydrogens is 560 g/mol. The zero-order chi connectivity index (χ0) is 30.7. The first-order valence-electron chi connectivity index (χ1n) is 15.2. The number of carbonyl (C=O) groups excluding carboxylic acids is 3. The van der Waals surface area contributed by atoms with Gasteiger partial charge in [0.25, 0.3) is 11.6 Å². The third-order valence-electron chi connectivity index (χ3n) is 9.15. The van der Waals surface area contributed by atoms with Gasteiger partial charge in [0.05, 0.1) is 11.5 Å². The number of ketones is 1. The zero-order valence-electron chi connectivity index (χ0n) is 24.6. The summed E-state index contributed by atoms with van der Waals surface area (Å²) in [7, 11) is 0. The van der Waals surface area contributed by atoms with E-state index in [0.717, 1.165) is 42.6 Å². The number of hydrogen-bond donors (Lipinski definition) is 0. The molecule has 0 N–H and O–H groups in total. The van der Waals surface area contributed by atoms with E-state index < -0.39 is 10.5 Å². The highest BCUT2D eigenvalue weighted by Gasteiger charge is 2.46. The SMILES string of the molecule is O=C(c1ccccc1)C1CCN(C(=O)c2ccc(CN3CC4(CCN(Cc5ccc([N+](=O)[O-])cc5)CC4)OC3=O)cc2)CC1. The first-order chi connectivity index (χ1) is 21.3. The highest BCUT2D eigenvalue weighted by atomic mass is 16.6. The van der Waals surface area contributed by atoms with Crippen LogP contribution in [0.3, 0.4) is 0 Å². The van der Waals surface area contributed by atoms with Gasteiger partial charge in [0.15, 0.2) is 5.78 Å². The van der Waals surface area contributed by atoms with Crippen LogP contribution < -0.4 is 0 Å². The molecule has 0 atom stereocenters. The maximum Gasteiger partial charge on any atom is 0.410 e. The number of benzene rings is 3. The van der Waals surface area contributed by atoms with Gasteiger partial charge in [-0.3, -0.25) is 29.5 Å². The fraction of sp³-hybridized carbons (Fsp3) is 0.382. The molecule has 10 nitrogen and oxygen atoms in total. The maximum absolute atomic E-state index is 13.2. The molecule has 10 heteroatoms. The lowest BCUT2D eigenvalue weighted by molar-refractivity contribution is -0.384. The van der Waals surface area contributed by atoms with Crippen molar-refractivity contribution in [2.45, 2.75) is 44.4 Å². The van der Waals surface area contributed by atoms with Crippen molar-refractivity contribution in [1.82, 2.24) is 14.7 Å². The summed E-state index contributed by atoms with van der Waals surface area (Å²) in [4.78, 5) is 55.1. The smallest absolute Gasteiger partial charge is 0.410 e. The zero-order valence-corrected chi connectivity index (χ0v) is 24.6. The van der Waals surface area contributed by atoms with Crippen LogP contribution in [0.1, 0.15) is 57.5 Å². The molecule has 0 saturated carbocycles. The van der Waals surface area contributed by atoms with Gasteiger partial charge in [-0.25, -0.2) is 4.79 Å². The summed E-state index contributed by atoms with van der Waals surface area (Å²) in [6, 6.07) is 23.4. The second-order valence-corrected chi connectivity index (χ2v) is 12.1. The quantitative estimate of drug-likeness (QED) is 0.197. The molecule has 0 aromatic heterocycles. The Labute approximate surface area is 256 Å². The Morgan fingerprint density at radius 3 is 2.07 bits per heavy atom. The summed E-state index contributed by atoms with van der Waals surface area (Å²) >= 11 is 0. The normalized spacial score (nSPS) is 18.8. The second-order valence-electron chi connectivity index (χ2n) is 12.1. The first-order valence-corrected chi connectivity index (χ1v) is 15.2.